The molecular formula is C18H24N4O3S. The Kier molecular flexibility index (Phi) is 4.81. The van der Waals surface area contributed by atoms with Gasteiger partial charge in [0.15, 0.2) is 21.4 Å². The van der Waals surface area contributed by atoms with E-state index in [0.717, 1.165) is 31.6 Å². The first-order valence-corrected chi connectivity index (χ1v) is 10.9. The molecule has 140 valence electrons. The van der Waals surface area contributed by atoms with Gasteiger partial charge in [-0.3, -0.25) is 9.80 Å². The van der Waals surface area contributed by atoms with Gasteiger partial charge in [0.05, 0.1) is 17.8 Å². The van der Waals surface area contributed by atoms with Crippen LogP contribution in [0, 0.1) is 0 Å². The summed E-state index contributed by atoms with van der Waals surface area (Å²) in [6, 6.07) is 3.81. The van der Waals surface area contributed by atoms with Crippen molar-refractivity contribution in [3.05, 3.63) is 36.4 Å². The topological polar surface area (TPSA) is 79.5 Å². The van der Waals surface area contributed by atoms with Gasteiger partial charge >= 0.3 is 0 Å². The average Bonchev–Trinajstić information content (AvgIpc) is 3.25. The average molecular weight is 376 g/mol. The molecule has 0 aliphatic carbocycles. The van der Waals surface area contributed by atoms with Crippen molar-refractivity contribution >= 4 is 9.84 Å². The minimum Gasteiger partial charge on any atom is -0.461 e. The molecule has 0 aromatic carbocycles. The summed E-state index contributed by atoms with van der Waals surface area (Å²) < 4.78 is 29.8. The molecule has 2 aliphatic rings. The Morgan fingerprint density at radius 3 is 2.50 bits per heavy atom. The van der Waals surface area contributed by atoms with E-state index in [1.165, 1.54) is 0 Å². The fourth-order valence-corrected chi connectivity index (χ4v) is 6.10. The first kappa shape index (κ1) is 17.6. The van der Waals surface area contributed by atoms with Crippen LogP contribution in [-0.4, -0.2) is 71.4 Å². The molecule has 7 nitrogen and oxygen atoms in total. The maximum Gasteiger partial charge on any atom is 0.195 e. The van der Waals surface area contributed by atoms with E-state index >= 15 is 0 Å². The molecule has 2 aromatic rings. The zero-order valence-electron chi connectivity index (χ0n) is 14.9. The molecule has 4 heterocycles. The maximum absolute atomic E-state index is 12.2. The smallest absolute Gasteiger partial charge is 0.195 e. The van der Waals surface area contributed by atoms with Gasteiger partial charge in [-0.2, -0.15) is 0 Å². The number of aromatic nitrogens is 2. The number of hydrogen-bond acceptors (Lipinski definition) is 7. The van der Waals surface area contributed by atoms with Gasteiger partial charge in [-0.05, 0) is 25.1 Å². The summed E-state index contributed by atoms with van der Waals surface area (Å²) in [6.45, 7) is 5.57. The minimum absolute atomic E-state index is 0.0602. The van der Waals surface area contributed by atoms with Gasteiger partial charge in [0.2, 0.25) is 0 Å². The van der Waals surface area contributed by atoms with Crippen LogP contribution in [0.1, 0.15) is 18.9 Å². The number of hydrogen-bond donors (Lipinski definition) is 0. The highest BCUT2D eigenvalue weighted by atomic mass is 32.2. The van der Waals surface area contributed by atoms with E-state index in [2.05, 4.69) is 26.7 Å². The lowest BCUT2D eigenvalue weighted by molar-refractivity contribution is 0.0404. The summed E-state index contributed by atoms with van der Waals surface area (Å²) in [5, 5.41) is 0. The van der Waals surface area contributed by atoms with E-state index in [4.69, 9.17) is 4.42 Å². The molecule has 2 fully saturated rings. The van der Waals surface area contributed by atoms with Crippen molar-refractivity contribution in [1.29, 1.82) is 0 Å². The first-order chi connectivity index (χ1) is 12.6. The van der Waals surface area contributed by atoms with E-state index in [-0.39, 0.29) is 23.6 Å². The van der Waals surface area contributed by atoms with Gasteiger partial charge in [-0.15, -0.1) is 0 Å². The molecule has 2 atom stereocenters. The van der Waals surface area contributed by atoms with Crippen molar-refractivity contribution in [2.24, 2.45) is 0 Å². The Labute approximate surface area is 154 Å². The van der Waals surface area contributed by atoms with Crippen LogP contribution in [-0.2, 0) is 16.4 Å². The van der Waals surface area contributed by atoms with Crippen molar-refractivity contribution in [3.8, 4) is 11.6 Å². The van der Waals surface area contributed by atoms with E-state index in [1.807, 2.05) is 24.5 Å². The van der Waals surface area contributed by atoms with E-state index in [0.29, 0.717) is 18.1 Å². The zero-order chi connectivity index (χ0) is 18.1. The van der Waals surface area contributed by atoms with E-state index < -0.39 is 9.84 Å². The Morgan fingerprint density at radius 1 is 1.15 bits per heavy atom. The number of furan rings is 1. The van der Waals surface area contributed by atoms with Crippen LogP contribution in [0.4, 0.5) is 0 Å². The van der Waals surface area contributed by atoms with E-state index in [1.54, 1.807) is 6.26 Å². The Balaban J connectivity index is 1.49. The fraction of sp³-hybridized carbons (Fsp3) is 0.556. The first-order valence-electron chi connectivity index (χ1n) is 9.09. The fourth-order valence-electron chi connectivity index (χ4n) is 4.06. The Bertz CT molecular complexity index is 836. The molecule has 2 aliphatic heterocycles. The quantitative estimate of drug-likeness (QED) is 0.781. The van der Waals surface area contributed by atoms with Gasteiger partial charge in [0, 0.05) is 49.7 Å². The predicted molar refractivity (Wildman–Crippen MR) is 98.2 cm³/mol. The summed E-state index contributed by atoms with van der Waals surface area (Å²) in [5.74, 6) is 1.74. The number of rotatable bonds is 5. The maximum atomic E-state index is 12.2. The van der Waals surface area contributed by atoms with Crippen LogP contribution in [0.25, 0.3) is 11.6 Å². The molecule has 0 amide bonds. The van der Waals surface area contributed by atoms with Gasteiger partial charge < -0.3 is 4.42 Å². The summed E-state index contributed by atoms with van der Waals surface area (Å²) in [4.78, 5) is 13.4. The zero-order valence-corrected chi connectivity index (χ0v) is 15.7. The SMILES string of the molecule is CCCN1CCN(Cc2cnc(-c3ccco3)nc2)[C@H]2CS(=O)(=O)C[C@H]21. The second-order valence-corrected chi connectivity index (χ2v) is 9.26. The van der Waals surface area contributed by atoms with Crippen molar-refractivity contribution in [1.82, 2.24) is 19.8 Å². The molecule has 0 radical (unpaired) electrons. The standard InChI is InChI=1S/C18H24N4O3S/c1-2-5-21-6-7-22(16-13-26(23,24)12-15(16)21)11-14-9-19-18(20-10-14)17-4-3-8-25-17/h3-4,8-10,15-16H,2,5-7,11-13H2,1H3/t15-,16+/m1/s1. The van der Waals surface area contributed by atoms with Crippen LogP contribution in [0.3, 0.4) is 0 Å². The van der Waals surface area contributed by atoms with E-state index in [9.17, 15) is 8.42 Å². The lowest BCUT2D eigenvalue weighted by Crippen LogP contribution is -2.58. The van der Waals surface area contributed by atoms with Crippen molar-refractivity contribution < 1.29 is 12.8 Å². The molecule has 0 spiro atoms. The largest absolute Gasteiger partial charge is 0.461 e. The minimum atomic E-state index is -2.97. The summed E-state index contributed by atoms with van der Waals surface area (Å²) in [7, 11) is -2.97. The Hall–Kier alpha value is -1.77. The van der Waals surface area contributed by atoms with Crippen LogP contribution >= 0.6 is 0 Å². The van der Waals surface area contributed by atoms with Gasteiger partial charge in [0.25, 0.3) is 0 Å². The molecule has 8 heteroatoms. The summed E-state index contributed by atoms with van der Waals surface area (Å²) in [6.07, 6.45) is 6.26. The highest BCUT2D eigenvalue weighted by molar-refractivity contribution is 7.91. The molecular weight excluding hydrogens is 352 g/mol. The monoisotopic (exact) mass is 376 g/mol. The second-order valence-electron chi connectivity index (χ2n) is 7.11. The van der Waals surface area contributed by atoms with Gasteiger partial charge in [0.1, 0.15) is 0 Å². The van der Waals surface area contributed by atoms with Crippen LogP contribution in [0.15, 0.2) is 35.2 Å². The second kappa shape index (κ2) is 7.09. The van der Waals surface area contributed by atoms with Crippen molar-refractivity contribution in [2.45, 2.75) is 32.0 Å². The van der Waals surface area contributed by atoms with Crippen molar-refractivity contribution in [2.75, 3.05) is 31.1 Å². The third-order valence-electron chi connectivity index (χ3n) is 5.25. The molecule has 0 saturated carbocycles. The normalized spacial score (nSPS) is 26.0. The predicted octanol–water partition coefficient (Wildman–Crippen LogP) is 1.43. The number of sulfone groups is 1. The lowest BCUT2D eigenvalue weighted by atomic mass is 10.0. The third-order valence-corrected chi connectivity index (χ3v) is 6.95. The highest BCUT2D eigenvalue weighted by Gasteiger charge is 2.46. The lowest BCUT2D eigenvalue weighted by Gasteiger charge is -2.43. The third kappa shape index (κ3) is 3.54. The van der Waals surface area contributed by atoms with Crippen LogP contribution < -0.4 is 0 Å². The number of fused-ring (bicyclic) bond motifs is 1. The van der Waals surface area contributed by atoms with Crippen LogP contribution in [0.5, 0.6) is 0 Å². The number of piperazine rings is 1. The Morgan fingerprint density at radius 2 is 1.85 bits per heavy atom. The molecule has 26 heavy (non-hydrogen) atoms. The molecule has 2 saturated heterocycles. The van der Waals surface area contributed by atoms with Gasteiger partial charge in [-0.1, -0.05) is 6.92 Å². The van der Waals surface area contributed by atoms with Crippen LogP contribution in [0.2, 0.25) is 0 Å². The number of nitrogens with zero attached hydrogens (tertiary/aromatic N) is 4. The molecule has 4 rings (SSSR count). The summed E-state index contributed by atoms with van der Waals surface area (Å²) in [5.41, 5.74) is 0.993. The highest BCUT2D eigenvalue weighted by Crippen LogP contribution is 2.28. The molecule has 0 bridgehead atoms. The molecule has 2 aromatic heterocycles. The van der Waals surface area contributed by atoms with Crippen molar-refractivity contribution in [3.63, 3.8) is 0 Å². The van der Waals surface area contributed by atoms with Gasteiger partial charge in [-0.25, -0.2) is 18.4 Å². The molecule has 0 N–H and O–H groups in total. The summed E-state index contributed by atoms with van der Waals surface area (Å²) >= 11 is 0. The molecule has 0 unspecified atom stereocenters.